The maximum Gasteiger partial charge on any atom is 0.204 e. The average Bonchev–Trinajstić information content (AvgIpc) is 2.92. The number of benzene rings is 1. The second-order valence-corrected chi connectivity index (χ2v) is 4.21. The van der Waals surface area contributed by atoms with Crippen molar-refractivity contribution in [2.75, 3.05) is 14.2 Å². The van der Waals surface area contributed by atoms with Gasteiger partial charge in [0.2, 0.25) is 5.75 Å². The van der Waals surface area contributed by atoms with E-state index in [2.05, 4.69) is 0 Å². The van der Waals surface area contributed by atoms with Crippen molar-refractivity contribution >= 4 is 6.29 Å². The van der Waals surface area contributed by atoms with Crippen LogP contribution >= 0.6 is 0 Å². The van der Waals surface area contributed by atoms with Gasteiger partial charge in [-0.05, 0) is 36.8 Å². The Kier molecular flexibility index (Phi) is 4.30. The van der Waals surface area contributed by atoms with E-state index in [9.17, 15) is 4.79 Å². The maximum atomic E-state index is 10.6. The molecule has 2 aromatic rings. The van der Waals surface area contributed by atoms with E-state index in [-0.39, 0.29) is 12.4 Å². The third kappa shape index (κ3) is 2.93. The third-order valence-corrected chi connectivity index (χ3v) is 2.76. The van der Waals surface area contributed by atoms with E-state index in [1.54, 1.807) is 26.4 Å². The maximum absolute atomic E-state index is 10.6. The zero-order valence-electron chi connectivity index (χ0n) is 11.6. The summed E-state index contributed by atoms with van der Waals surface area (Å²) in [7, 11) is 3.14. The summed E-state index contributed by atoms with van der Waals surface area (Å²) in [4.78, 5) is 10.6. The second-order valence-electron chi connectivity index (χ2n) is 4.21. The van der Waals surface area contributed by atoms with Crippen molar-refractivity contribution in [3.63, 3.8) is 0 Å². The lowest BCUT2D eigenvalue weighted by atomic mass is 10.2. The molecule has 0 bridgehead atoms. The molecule has 0 amide bonds. The highest BCUT2D eigenvalue weighted by Crippen LogP contribution is 2.38. The number of carbonyl (C=O) groups is 1. The van der Waals surface area contributed by atoms with Gasteiger partial charge in [0.15, 0.2) is 23.5 Å². The van der Waals surface area contributed by atoms with Crippen molar-refractivity contribution in [3.8, 4) is 17.2 Å². The Balaban J connectivity index is 2.21. The van der Waals surface area contributed by atoms with Crippen LogP contribution in [0.1, 0.15) is 21.9 Å². The zero-order chi connectivity index (χ0) is 14.5. The molecule has 1 aromatic heterocycles. The number of hydrogen-bond acceptors (Lipinski definition) is 5. The number of methoxy groups -OCH3 is 2. The summed E-state index contributed by atoms with van der Waals surface area (Å²) in [5.41, 5.74) is 1.01. The monoisotopic (exact) mass is 276 g/mol. The molecule has 0 N–H and O–H groups in total. The van der Waals surface area contributed by atoms with E-state index in [0.717, 1.165) is 5.56 Å². The van der Waals surface area contributed by atoms with Crippen molar-refractivity contribution in [3.05, 3.63) is 41.3 Å². The molecule has 1 aromatic carbocycles. The first-order chi connectivity index (χ1) is 9.67. The molecule has 0 atom stereocenters. The molecule has 2 rings (SSSR count). The van der Waals surface area contributed by atoms with Gasteiger partial charge in [-0.1, -0.05) is 0 Å². The van der Waals surface area contributed by atoms with E-state index in [1.807, 2.05) is 19.1 Å². The Morgan fingerprint density at radius 3 is 2.30 bits per heavy atom. The van der Waals surface area contributed by atoms with Gasteiger partial charge in [-0.15, -0.1) is 0 Å². The van der Waals surface area contributed by atoms with Crippen LogP contribution in [0.15, 0.2) is 28.7 Å². The normalized spacial score (nSPS) is 10.2. The van der Waals surface area contributed by atoms with Crippen LogP contribution in [0.3, 0.4) is 0 Å². The molecule has 0 aliphatic heterocycles. The fourth-order valence-electron chi connectivity index (χ4n) is 1.83. The highest BCUT2D eigenvalue weighted by Gasteiger charge is 2.14. The molecular formula is C15H16O5. The fourth-order valence-corrected chi connectivity index (χ4v) is 1.83. The number of rotatable bonds is 6. The summed E-state index contributed by atoms with van der Waals surface area (Å²) in [6.45, 7) is 2.13. The molecular weight excluding hydrogens is 260 g/mol. The Labute approximate surface area is 117 Å². The molecule has 0 saturated carbocycles. The van der Waals surface area contributed by atoms with Gasteiger partial charge < -0.3 is 18.6 Å². The first-order valence-electron chi connectivity index (χ1n) is 6.07. The lowest BCUT2D eigenvalue weighted by Gasteiger charge is -2.14. The average molecular weight is 276 g/mol. The lowest BCUT2D eigenvalue weighted by Crippen LogP contribution is -2.00. The number of hydrogen-bond donors (Lipinski definition) is 0. The van der Waals surface area contributed by atoms with Gasteiger partial charge in [0.05, 0.1) is 14.2 Å². The number of carbonyl (C=O) groups excluding carboxylic acids is 1. The first-order valence-corrected chi connectivity index (χ1v) is 6.07. The first kappa shape index (κ1) is 14.0. The van der Waals surface area contributed by atoms with Crippen LogP contribution in [0, 0.1) is 6.92 Å². The second kappa shape index (κ2) is 6.14. The van der Waals surface area contributed by atoms with Crippen molar-refractivity contribution in [2.24, 2.45) is 0 Å². The summed E-state index contributed by atoms with van der Waals surface area (Å²) in [5, 5.41) is 0. The minimum absolute atomic E-state index is 0.184. The fraction of sp³-hybridized carbons (Fsp3) is 0.267. The molecule has 0 spiro atoms. The largest absolute Gasteiger partial charge is 0.493 e. The Morgan fingerprint density at radius 1 is 1.15 bits per heavy atom. The van der Waals surface area contributed by atoms with Crippen LogP contribution in [0.2, 0.25) is 0 Å². The zero-order valence-corrected chi connectivity index (χ0v) is 11.6. The van der Waals surface area contributed by atoms with E-state index in [0.29, 0.717) is 29.3 Å². The molecule has 1 heterocycles. The Morgan fingerprint density at radius 2 is 1.80 bits per heavy atom. The molecule has 0 aliphatic carbocycles. The summed E-state index contributed by atoms with van der Waals surface area (Å²) in [6, 6.07) is 7.00. The Bertz CT molecular complexity index is 575. The molecule has 5 nitrogen and oxygen atoms in total. The molecule has 0 aliphatic rings. The van der Waals surface area contributed by atoms with Crippen molar-refractivity contribution in [2.45, 2.75) is 13.5 Å². The topological polar surface area (TPSA) is 57.9 Å². The van der Waals surface area contributed by atoms with E-state index in [1.165, 1.54) is 0 Å². The molecule has 0 radical (unpaired) electrons. The van der Waals surface area contributed by atoms with Gasteiger partial charge in [-0.2, -0.15) is 0 Å². The van der Waals surface area contributed by atoms with E-state index in [4.69, 9.17) is 18.6 Å². The van der Waals surface area contributed by atoms with Gasteiger partial charge in [-0.25, -0.2) is 0 Å². The third-order valence-electron chi connectivity index (χ3n) is 2.76. The summed E-state index contributed by atoms with van der Waals surface area (Å²) in [6.07, 6.45) is 0.649. The van der Waals surface area contributed by atoms with Gasteiger partial charge in [0, 0.05) is 0 Å². The van der Waals surface area contributed by atoms with Crippen molar-refractivity contribution < 1.29 is 23.4 Å². The number of aldehydes is 1. The van der Waals surface area contributed by atoms with E-state index < -0.39 is 0 Å². The molecule has 0 saturated heterocycles. The van der Waals surface area contributed by atoms with Gasteiger partial charge >= 0.3 is 0 Å². The molecule has 20 heavy (non-hydrogen) atoms. The lowest BCUT2D eigenvalue weighted by molar-refractivity contribution is 0.109. The smallest absolute Gasteiger partial charge is 0.204 e. The van der Waals surface area contributed by atoms with Crippen LogP contribution < -0.4 is 14.2 Å². The summed E-state index contributed by atoms with van der Waals surface area (Å²) in [5.74, 6) is 2.50. The van der Waals surface area contributed by atoms with Crippen molar-refractivity contribution in [1.82, 2.24) is 0 Å². The number of furan rings is 1. The molecule has 106 valence electrons. The predicted molar refractivity (Wildman–Crippen MR) is 72.7 cm³/mol. The highest BCUT2D eigenvalue weighted by atomic mass is 16.5. The van der Waals surface area contributed by atoms with E-state index >= 15 is 0 Å². The summed E-state index contributed by atoms with van der Waals surface area (Å²) < 4.78 is 21.5. The number of aryl methyl sites for hydroxylation is 1. The highest BCUT2D eigenvalue weighted by molar-refractivity contribution is 5.70. The van der Waals surface area contributed by atoms with Crippen LogP contribution in [0.4, 0.5) is 0 Å². The Hall–Kier alpha value is -2.43. The van der Waals surface area contributed by atoms with Gasteiger partial charge in [0.1, 0.15) is 12.4 Å². The van der Waals surface area contributed by atoms with Crippen molar-refractivity contribution in [1.29, 1.82) is 0 Å². The number of ether oxygens (including phenoxy) is 3. The van der Waals surface area contributed by atoms with Crippen LogP contribution in [-0.4, -0.2) is 20.5 Å². The summed E-state index contributed by atoms with van der Waals surface area (Å²) >= 11 is 0. The molecule has 0 fully saturated rings. The predicted octanol–water partition coefficient (Wildman–Crippen LogP) is 3.00. The quantitative estimate of drug-likeness (QED) is 0.759. The van der Waals surface area contributed by atoms with Crippen LogP contribution in [-0.2, 0) is 6.61 Å². The SMILES string of the molecule is COc1cc(C)cc(OC)c1OCc1ccc(C=O)o1. The van der Waals surface area contributed by atoms with Crippen LogP contribution in [0.5, 0.6) is 17.2 Å². The van der Waals surface area contributed by atoms with Gasteiger partial charge in [0.25, 0.3) is 0 Å². The van der Waals surface area contributed by atoms with Crippen LogP contribution in [0.25, 0.3) is 0 Å². The standard InChI is InChI=1S/C15H16O5/c1-10-6-13(17-2)15(14(7-10)18-3)19-9-12-5-4-11(8-16)20-12/h4-8H,9H2,1-3H3. The molecule has 5 heteroatoms. The van der Waals surface area contributed by atoms with Gasteiger partial charge in [-0.3, -0.25) is 4.79 Å². The molecule has 0 unspecified atom stereocenters. The minimum atomic E-state index is 0.184. The minimum Gasteiger partial charge on any atom is -0.493 e.